The van der Waals surface area contributed by atoms with E-state index in [9.17, 15) is 14.3 Å². The van der Waals surface area contributed by atoms with Crippen LogP contribution in [-0.2, 0) is 4.79 Å². The van der Waals surface area contributed by atoms with Gasteiger partial charge in [-0.2, -0.15) is 5.10 Å². The smallest absolute Gasteiger partial charge is 0.164 e. The number of nitrogens with zero attached hydrogens (tertiary/aromatic N) is 4. The Morgan fingerprint density at radius 2 is 1.92 bits per heavy atom. The van der Waals surface area contributed by atoms with Crippen LogP contribution in [0, 0.1) is 5.82 Å². The van der Waals surface area contributed by atoms with E-state index in [0.29, 0.717) is 55.5 Å². The first-order valence-corrected chi connectivity index (χ1v) is 12.4. The summed E-state index contributed by atoms with van der Waals surface area (Å²) >= 11 is 6.21. The third-order valence-electron chi connectivity index (χ3n) is 6.74. The van der Waals surface area contributed by atoms with E-state index >= 15 is 0 Å². The van der Waals surface area contributed by atoms with E-state index in [0.717, 1.165) is 6.29 Å². The van der Waals surface area contributed by atoms with Crippen molar-refractivity contribution in [1.82, 2.24) is 19.7 Å². The fourth-order valence-electron chi connectivity index (χ4n) is 5.03. The van der Waals surface area contributed by atoms with Crippen LogP contribution in [0.2, 0.25) is 5.02 Å². The largest absolute Gasteiger partial charge is 0.508 e. The van der Waals surface area contributed by atoms with Gasteiger partial charge in [-0.15, -0.1) is 0 Å². The topological polar surface area (TPSA) is 116 Å². The third-order valence-corrected chi connectivity index (χ3v) is 6.96. The van der Waals surface area contributed by atoms with Gasteiger partial charge in [0, 0.05) is 21.7 Å². The van der Waals surface area contributed by atoms with Gasteiger partial charge in [0.2, 0.25) is 0 Å². The Morgan fingerprint density at radius 1 is 1.10 bits per heavy atom. The molecule has 0 saturated carbocycles. The summed E-state index contributed by atoms with van der Waals surface area (Å²) in [5, 5.41) is 15.8. The minimum atomic E-state index is -0.708. The normalized spacial score (nSPS) is 15.6. The van der Waals surface area contributed by atoms with Crippen LogP contribution >= 0.6 is 11.6 Å². The van der Waals surface area contributed by atoms with Gasteiger partial charge in [0.25, 0.3) is 0 Å². The molecule has 2 unspecified atom stereocenters. The van der Waals surface area contributed by atoms with Gasteiger partial charge in [0.1, 0.15) is 53.2 Å². The molecule has 0 spiro atoms. The maximum Gasteiger partial charge on any atom is 0.164 e. The average molecular weight is 542 g/mol. The molecule has 1 aliphatic heterocycles. The fraction of sp³-hybridized carbons (Fsp3) is 0.103. The number of allylic oxidation sites excluding steroid dienone is 2. The number of phenols is 1. The van der Waals surface area contributed by atoms with Crippen LogP contribution < -0.4 is 10.5 Å². The molecular formula is C29H21ClFN5O3. The van der Waals surface area contributed by atoms with Crippen molar-refractivity contribution in [3.8, 4) is 22.8 Å². The van der Waals surface area contributed by atoms with Crippen LogP contribution in [0.25, 0.3) is 27.9 Å². The molecule has 39 heavy (non-hydrogen) atoms. The van der Waals surface area contributed by atoms with Gasteiger partial charge in [-0.25, -0.2) is 19.0 Å². The van der Waals surface area contributed by atoms with Crippen LogP contribution in [0.4, 0.5) is 10.2 Å². The maximum absolute atomic E-state index is 14.4. The molecule has 3 heterocycles. The fourth-order valence-corrected chi connectivity index (χ4v) is 5.26. The zero-order valence-electron chi connectivity index (χ0n) is 20.5. The Hall–Kier alpha value is -4.76. The van der Waals surface area contributed by atoms with E-state index in [4.69, 9.17) is 27.2 Å². The number of benzene rings is 3. The summed E-state index contributed by atoms with van der Waals surface area (Å²) in [6, 6.07) is 17.2. The zero-order valence-corrected chi connectivity index (χ0v) is 21.3. The number of aromatic nitrogens is 4. The highest BCUT2D eigenvalue weighted by atomic mass is 35.5. The molecule has 0 aliphatic carbocycles. The summed E-state index contributed by atoms with van der Waals surface area (Å²) in [5.74, 6) is -0.0851. The number of phenolic OH excluding ortho intramolecular Hbond substituents is 1. The Labute approximate surface area is 227 Å². The SMILES string of the molecule is CC(C1=C(c2cccc(F)c2)C(C=O)c2ccccc2O1)n1nc(-c2cc(O)cc(Cl)c2)c2c(N)ncnc21. The van der Waals surface area contributed by atoms with Gasteiger partial charge < -0.3 is 20.4 Å². The summed E-state index contributed by atoms with van der Waals surface area (Å²) in [6.07, 6.45) is 2.16. The highest BCUT2D eigenvalue weighted by Crippen LogP contribution is 2.46. The molecule has 3 aromatic carbocycles. The van der Waals surface area contributed by atoms with Crippen LogP contribution in [-0.4, -0.2) is 31.1 Å². The predicted octanol–water partition coefficient (Wildman–Crippen LogP) is 5.92. The molecule has 8 nitrogen and oxygen atoms in total. The Morgan fingerprint density at radius 3 is 2.69 bits per heavy atom. The summed E-state index contributed by atoms with van der Waals surface area (Å²) in [4.78, 5) is 21.1. The van der Waals surface area contributed by atoms with E-state index < -0.39 is 17.8 Å². The standard InChI is InChI=1S/C29H21ClFN5O3/c1-15(36-29-25(28(32)33-14-34-29)26(35-36)17-9-18(30)12-20(38)11-17)27-24(16-5-4-6-19(31)10-16)22(13-37)21-7-2-3-8-23(21)39-27/h2-15,22,38H,1H3,(H2,32,33,34). The molecular weight excluding hydrogens is 521 g/mol. The van der Waals surface area contributed by atoms with E-state index in [-0.39, 0.29) is 11.6 Å². The van der Waals surface area contributed by atoms with Crippen LogP contribution in [0.1, 0.15) is 30.0 Å². The number of para-hydroxylation sites is 1. The van der Waals surface area contributed by atoms with Crippen LogP contribution in [0.15, 0.2) is 78.8 Å². The van der Waals surface area contributed by atoms with Gasteiger partial charge in [-0.05, 0) is 48.9 Å². The number of aldehydes is 1. The summed E-state index contributed by atoms with van der Waals surface area (Å²) in [6.45, 7) is 1.84. The van der Waals surface area contributed by atoms with Crippen molar-refractivity contribution in [2.24, 2.45) is 0 Å². The molecule has 0 fully saturated rings. The first kappa shape index (κ1) is 24.6. The number of nitrogens with two attached hydrogens (primary N) is 1. The van der Waals surface area contributed by atoms with Gasteiger partial charge in [-0.3, -0.25) is 0 Å². The van der Waals surface area contributed by atoms with Crippen LogP contribution in [0.5, 0.6) is 11.5 Å². The Bertz CT molecular complexity index is 1780. The molecule has 194 valence electrons. The minimum Gasteiger partial charge on any atom is -0.508 e. The van der Waals surface area contributed by atoms with Gasteiger partial charge >= 0.3 is 0 Å². The predicted molar refractivity (Wildman–Crippen MR) is 146 cm³/mol. The number of aromatic hydroxyl groups is 1. The van der Waals surface area contributed by atoms with Gasteiger partial charge in [0.05, 0.1) is 11.3 Å². The minimum absolute atomic E-state index is 0.0409. The highest BCUT2D eigenvalue weighted by molar-refractivity contribution is 6.31. The highest BCUT2D eigenvalue weighted by Gasteiger charge is 2.35. The molecule has 3 N–H and O–H groups in total. The van der Waals surface area contributed by atoms with E-state index in [1.165, 1.54) is 30.6 Å². The molecule has 0 saturated heterocycles. The number of hydrogen-bond acceptors (Lipinski definition) is 7. The lowest BCUT2D eigenvalue weighted by Gasteiger charge is -2.31. The number of nitrogen functional groups attached to an aromatic ring is 1. The molecule has 5 aromatic rings. The maximum atomic E-state index is 14.4. The summed E-state index contributed by atoms with van der Waals surface area (Å²) in [7, 11) is 0. The van der Waals surface area contributed by atoms with Crippen molar-refractivity contribution in [2.45, 2.75) is 18.9 Å². The molecule has 2 aromatic heterocycles. The second kappa shape index (κ2) is 9.52. The van der Waals surface area contributed by atoms with Crippen LogP contribution in [0.3, 0.4) is 0 Å². The number of halogens is 2. The van der Waals surface area contributed by atoms with Gasteiger partial charge in [-0.1, -0.05) is 41.9 Å². The van der Waals surface area contributed by atoms with Crippen molar-refractivity contribution >= 4 is 40.3 Å². The Kier molecular flexibility index (Phi) is 6.00. The molecule has 0 bridgehead atoms. The zero-order chi connectivity index (χ0) is 27.3. The molecule has 1 aliphatic rings. The second-order valence-electron chi connectivity index (χ2n) is 9.17. The summed E-state index contributed by atoms with van der Waals surface area (Å²) in [5.41, 5.74) is 9.30. The first-order chi connectivity index (χ1) is 18.9. The third kappa shape index (κ3) is 4.17. The lowest BCUT2D eigenvalue weighted by atomic mass is 9.83. The number of fused-ring (bicyclic) bond motifs is 2. The molecule has 10 heteroatoms. The molecule has 6 rings (SSSR count). The first-order valence-electron chi connectivity index (χ1n) is 12.1. The molecule has 0 radical (unpaired) electrons. The number of rotatable bonds is 5. The Balaban J connectivity index is 1.61. The van der Waals surface area contributed by atoms with Gasteiger partial charge in [0.15, 0.2) is 5.65 Å². The number of hydrogen-bond donors (Lipinski definition) is 2. The van der Waals surface area contributed by atoms with E-state index in [1.54, 1.807) is 28.9 Å². The monoisotopic (exact) mass is 541 g/mol. The lowest BCUT2D eigenvalue weighted by molar-refractivity contribution is -0.108. The number of carbonyl (C=O) groups excluding carboxylic acids is 1. The quantitative estimate of drug-likeness (QED) is 0.265. The van der Waals surface area contributed by atoms with Crippen molar-refractivity contribution in [3.05, 3.63) is 101 Å². The number of anilines is 1. The molecule has 0 amide bonds. The van der Waals surface area contributed by atoms with Crippen molar-refractivity contribution in [2.75, 3.05) is 5.73 Å². The van der Waals surface area contributed by atoms with Crippen molar-refractivity contribution < 1.29 is 19.0 Å². The number of ether oxygens (including phenoxy) is 1. The number of carbonyl (C=O) groups is 1. The average Bonchev–Trinajstić information content (AvgIpc) is 3.32. The van der Waals surface area contributed by atoms with E-state index in [2.05, 4.69) is 9.97 Å². The van der Waals surface area contributed by atoms with Crippen molar-refractivity contribution in [3.63, 3.8) is 0 Å². The second-order valence-corrected chi connectivity index (χ2v) is 9.60. The lowest BCUT2D eigenvalue weighted by Crippen LogP contribution is -2.23. The molecule has 2 atom stereocenters. The van der Waals surface area contributed by atoms with Crippen molar-refractivity contribution in [1.29, 1.82) is 0 Å². The van der Waals surface area contributed by atoms with E-state index in [1.807, 2.05) is 25.1 Å². The summed E-state index contributed by atoms with van der Waals surface area (Å²) < 4.78 is 22.4.